The largest absolute Gasteiger partial charge is 0.396 e. The average Bonchev–Trinajstić information content (AvgIpc) is 2.43. The second-order valence-electron chi connectivity index (χ2n) is 4.79. The molecule has 0 amide bonds. The van der Waals surface area contributed by atoms with E-state index >= 15 is 0 Å². The summed E-state index contributed by atoms with van der Waals surface area (Å²) in [5, 5.41) is 15.4. The van der Waals surface area contributed by atoms with Gasteiger partial charge in [-0.15, -0.1) is 0 Å². The van der Waals surface area contributed by atoms with Crippen LogP contribution in [0, 0.1) is 0 Å². The average molecular weight is 298 g/mol. The Balaban J connectivity index is 2.57. The maximum absolute atomic E-state index is 8.73. The van der Waals surface area contributed by atoms with Crippen LogP contribution in [0.5, 0.6) is 0 Å². The van der Waals surface area contributed by atoms with Gasteiger partial charge in [0.15, 0.2) is 0 Å². The van der Waals surface area contributed by atoms with E-state index in [1.54, 1.807) is 6.33 Å². The number of anilines is 2. The molecule has 20 heavy (non-hydrogen) atoms. The molecule has 1 aromatic heterocycles. The third-order valence-electron chi connectivity index (χ3n) is 2.79. The van der Waals surface area contributed by atoms with Gasteiger partial charge >= 0.3 is 0 Å². The van der Waals surface area contributed by atoms with Crippen LogP contribution in [-0.4, -0.2) is 46.3 Å². The van der Waals surface area contributed by atoms with Gasteiger partial charge in [0, 0.05) is 31.0 Å². The molecule has 0 unspecified atom stereocenters. The molecule has 0 aliphatic heterocycles. The Hall–Kier alpha value is -1.01. The van der Waals surface area contributed by atoms with Crippen molar-refractivity contribution in [2.24, 2.45) is 0 Å². The van der Waals surface area contributed by atoms with Gasteiger partial charge in [-0.2, -0.15) is 11.8 Å². The van der Waals surface area contributed by atoms with Gasteiger partial charge in [-0.05, 0) is 25.0 Å². The summed E-state index contributed by atoms with van der Waals surface area (Å²) in [5.41, 5.74) is 1.15. The monoisotopic (exact) mass is 298 g/mol. The van der Waals surface area contributed by atoms with Crippen LogP contribution < -0.4 is 10.6 Å². The maximum Gasteiger partial charge on any atom is 0.135 e. The minimum absolute atomic E-state index is 0.274. The van der Waals surface area contributed by atoms with E-state index in [1.165, 1.54) is 0 Å². The van der Waals surface area contributed by atoms with Crippen LogP contribution in [0.3, 0.4) is 0 Å². The molecule has 0 aliphatic rings. The van der Waals surface area contributed by atoms with E-state index in [0.717, 1.165) is 48.2 Å². The van der Waals surface area contributed by atoms with Gasteiger partial charge < -0.3 is 15.7 Å². The number of thioether (sulfide) groups is 1. The van der Waals surface area contributed by atoms with Gasteiger partial charge in [0.25, 0.3) is 0 Å². The fourth-order valence-electron chi connectivity index (χ4n) is 1.90. The van der Waals surface area contributed by atoms with Gasteiger partial charge in [0.2, 0.25) is 0 Å². The molecule has 0 saturated heterocycles. The number of aliphatic hydroxyl groups excluding tert-OH is 1. The molecule has 0 atom stereocenters. The van der Waals surface area contributed by atoms with Crippen LogP contribution in [0.25, 0.3) is 0 Å². The molecule has 114 valence electrons. The molecule has 0 aliphatic carbocycles. The first-order valence-electron chi connectivity index (χ1n) is 7.21. The number of hydrogen-bond donors (Lipinski definition) is 3. The third-order valence-corrected chi connectivity index (χ3v) is 3.86. The SMILES string of the molecule is CCNc1ncnc(NCCSCCCO)c1C(C)C. The van der Waals surface area contributed by atoms with Crippen LogP contribution >= 0.6 is 11.8 Å². The topological polar surface area (TPSA) is 70.1 Å². The van der Waals surface area contributed by atoms with Gasteiger partial charge in [0.1, 0.15) is 18.0 Å². The molecular weight excluding hydrogens is 272 g/mol. The van der Waals surface area contributed by atoms with Crippen molar-refractivity contribution in [3.8, 4) is 0 Å². The molecular formula is C14H26N4OS. The lowest BCUT2D eigenvalue weighted by Gasteiger charge is -2.17. The van der Waals surface area contributed by atoms with Gasteiger partial charge in [-0.25, -0.2) is 9.97 Å². The number of rotatable bonds is 10. The Bertz CT molecular complexity index is 387. The van der Waals surface area contributed by atoms with E-state index in [9.17, 15) is 0 Å². The highest BCUT2D eigenvalue weighted by atomic mass is 32.2. The number of nitrogens with zero attached hydrogens (tertiary/aromatic N) is 2. The molecule has 0 saturated carbocycles. The molecule has 5 nitrogen and oxygen atoms in total. The highest BCUT2D eigenvalue weighted by Crippen LogP contribution is 2.28. The van der Waals surface area contributed by atoms with E-state index in [-0.39, 0.29) is 6.61 Å². The second-order valence-corrected chi connectivity index (χ2v) is 6.01. The zero-order valence-corrected chi connectivity index (χ0v) is 13.5. The quantitative estimate of drug-likeness (QED) is 0.577. The molecule has 6 heteroatoms. The van der Waals surface area contributed by atoms with E-state index in [0.29, 0.717) is 5.92 Å². The van der Waals surface area contributed by atoms with Crippen molar-refractivity contribution in [3.05, 3.63) is 11.9 Å². The minimum atomic E-state index is 0.274. The highest BCUT2D eigenvalue weighted by molar-refractivity contribution is 7.99. The van der Waals surface area contributed by atoms with Crippen molar-refractivity contribution < 1.29 is 5.11 Å². The third kappa shape index (κ3) is 5.54. The predicted molar refractivity (Wildman–Crippen MR) is 87.8 cm³/mol. The lowest BCUT2D eigenvalue weighted by Crippen LogP contribution is -2.13. The van der Waals surface area contributed by atoms with Gasteiger partial charge in [-0.3, -0.25) is 0 Å². The normalized spacial score (nSPS) is 10.8. The first kappa shape index (κ1) is 17.0. The Labute approximate surface area is 126 Å². The Morgan fingerprint density at radius 1 is 1.20 bits per heavy atom. The molecule has 1 rings (SSSR count). The number of hydrogen-bond acceptors (Lipinski definition) is 6. The van der Waals surface area contributed by atoms with Crippen LogP contribution in [0.2, 0.25) is 0 Å². The van der Waals surface area contributed by atoms with E-state index in [2.05, 4.69) is 41.4 Å². The summed E-state index contributed by atoms with van der Waals surface area (Å²) in [6.07, 6.45) is 2.46. The van der Waals surface area contributed by atoms with Crippen LogP contribution in [0.4, 0.5) is 11.6 Å². The summed E-state index contributed by atoms with van der Waals surface area (Å²) in [4.78, 5) is 8.69. The van der Waals surface area contributed by atoms with E-state index in [1.807, 2.05) is 11.8 Å². The number of aliphatic hydroxyl groups is 1. The van der Waals surface area contributed by atoms with Crippen molar-refractivity contribution in [1.82, 2.24) is 9.97 Å². The zero-order chi connectivity index (χ0) is 14.8. The zero-order valence-electron chi connectivity index (χ0n) is 12.6. The van der Waals surface area contributed by atoms with E-state index < -0.39 is 0 Å². The van der Waals surface area contributed by atoms with Gasteiger partial charge in [0.05, 0.1) is 0 Å². The summed E-state index contributed by atoms with van der Waals surface area (Å²) in [6.45, 7) is 8.38. The number of aromatic nitrogens is 2. The second kappa shape index (κ2) is 9.83. The molecule has 1 aromatic rings. The predicted octanol–water partition coefficient (Wildman–Crippen LogP) is 2.56. The molecule has 3 N–H and O–H groups in total. The summed E-state index contributed by atoms with van der Waals surface area (Å²) in [5.74, 6) is 4.23. The molecule has 0 radical (unpaired) electrons. The lowest BCUT2D eigenvalue weighted by atomic mass is 10.0. The van der Waals surface area contributed by atoms with Crippen molar-refractivity contribution in [2.75, 3.05) is 41.8 Å². The highest BCUT2D eigenvalue weighted by Gasteiger charge is 2.13. The summed E-state index contributed by atoms with van der Waals surface area (Å²) in [7, 11) is 0. The molecule has 0 bridgehead atoms. The summed E-state index contributed by atoms with van der Waals surface area (Å²) in [6, 6.07) is 0. The van der Waals surface area contributed by atoms with Crippen LogP contribution in [0.15, 0.2) is 6.33 Å². The Morgan fingerprint density at radius 2 is 1.90 bits per heavy atom. The first-order valence-corrected chi connectivity index (χ1v) is 8.37. The standard InChI is InChI=1S/C14H26N4OS/c1-4-15-13-12(11(2)3)14(18-10-17-13)16-6-9-20-8-5-7-19/h10-11,19H,4-9H2,1-3H3,(H2,15,16,17,18). The Morgan fingerprint density at radius 3 is 2.50 bits per heavy atom. The first-order chi connectivity index (χ1) is 9.70. The van der Waals surface area contributed by atoms with Crippen molar-refractivity contribution in [3.63, 3.8) is 0 Å². The van der Waals surface area contributed by atoms with Crippen LogP contribution in [0.1, 0.15) is 38.7 Å². The van der Waals surface area contributed by atoms with Crippen molar-refractivity contribution in [2.45, 2.75) is 33.1 Å². The van der Waals surface area contributed by atoms with Crippen molar-refractivity contribution in [1.29, 1.82) is 0 Å². The van der Waals surface area contributed by atoms with E-state index in [4.69, 9.17) is 5.11 Å². The molecule has 0 spiro atoms. The van der Waals surface area contributed by atoms with Gasteiger partial charge in [-0.1, -0.05) is 13.8 Å². The summed E-state index contributed by atoms with van der Waals surface area (Å²) >= 11 is 1.84. The smallest absolute Gasteiger partial charge is 0.135 e. The van der Waals surface area contributed by atoms with Crippen LogP contribution in [-0.2, 0) is 0 Å². The Kier molecular flexibility index (Phi) is 8.37. The molecule has 1 heterocycles. The number of nitrogens with one attached hydrogen (secondary N) is 2. The fraction of sp³-hybridized carbons (Fsp3) is 0.714. The maximum atomic E-state index is 8.73. The fourth-order valence-corrected chi connectivity index (χ4v) is 2.69. The molecule has 0 fully saturated rings. The molecule has 0 aromatic carbocycles. The minimum Gasteiger partial charge on any atom is -0.396 e. The van der Waals surface area contributed by atoms with Crippen molar-refractivity contribution >= 4 is 23.4 Å². The summed E-state index contributed by atoms with van der Waals surface area (Å²) < 4.78 is 0. The lowest BCUT2D eigenvalue weighted by molar-refractivity contribution is 0.296.